The summed E-state index contributed by atoms with van der Waals surface area (Å²) in [5.41, 5.74) is 1.58. The molecule has 0 bridgehead atoms. The molecule has 0 saturated heterocycles. The van der Waals surface area contributed by atoms with Gasteiger partial charge in [0.25, 0.3) is 5.56 Å². The molecule has 0 amide bonds. The minimum Gasteiger partial charge on any atom is -0.340 e. The number of anilines is 2. The van der Waals surface area contributed by atoms with Crippen LogP contribution in [0.2, 0.25) is 0 Å². The molecule has 0 atom stereocenters. The van der Waals surface area contributed by atoms with E-state index in [-0.39, 0.29) is 11.4 Å². The molecule has 0 saturated carbocycles. The second-order valence-electron chi connectivity index (χ2n) is 6.27. The summed E-state index contributed by atoms with van der Waals surface area (Å²) in [6.45, 7) is 4.95. The number of fused-ring (bicyclic) bond motifs is 1. The molecule has 0 unspecified atom stereocenters. The van der Waals surface area contributed by atoms with Crippen LogP contribution in [0.5, 0.6) is 0 Å². The fourth-order valence-corrected chi connectivity index (χ4v) is 2.55. The van der Waals surface area contributed by atoms with Gasteiger partial charge in [-0.05, 0) is 42.7 Å². The van der Waals surface area contributed by atoms with Crippen molar-refractivity contribution in [1.82, 2.24) is 9.55 Å². The Bertz CT molecular complexity index is 901. The molecular weight excluding hydrogens is 305 g/mol. The molecule has 1 aromatic carbocycles. The predicted molar refractivity (Wildman–Crippen MR) is 95.1 cm³/mol. The van der Waals surface area contributed by atoms with E-state index in [1.54, 1.807) is 35.0 Å². The summed E-state index contributed by atoms with van der Waals surface area (Å²) in [5.74, 6) is 0.860. The van der Waals surface area contributed by atoms with E-state index in [1.165, 1.54) is 12.1 Å². The van der Waals surface area contributed by atoms with E-state index < -0.39 is 0 Å². The Labute approximate surface area is 140 Å². The molecular formula is C19H20FN3O. The van der Waals surface area contributed by atoms with Gasteiger partial charge in [0.1, 0.15) is 11.6 Å². The molecule has 1 N–H and O–H groups in total. The summed E-state index contributed by atoms with van der Waals surface area (Å²) in [5, 5.41) is 4.06. The molecule has 3 rings (SSSR count). The number of aryl methyl sites for hydroxylation is 1. The van der Waals surface area contributed by atoms with Gasteiger partial charge in [0.05, 0.1) is 5.52 Å². The van der Waals surface area contributed by atoms with Gasteiger partial charge in [-0.2, -0.15) is 0 Å². The van der Waals surface area contributed by atoms with Gasteiger partial charge in [0.2, 0.25) is 0 Å². The summed E-state index contributed by atoms with van der Waals surface area (Å²) in [6, 6.07) is 11.3. The average Bonchev–Trinajstić information content (AvgIpc) is 2.56. The third-order valence-electron chi connectivity index (χ3n) is 3.92. The third kappa shape index (κ3) is 3.62. The molecule has 3 aromatic rings. The quantitative estimate of drug-likeness (QED) is 0.760. The maximum atomic E-state index is 13.0. The molecule has 0 spiro atoms. The van der Waals surface area contributed by atoms with E-state index in [1.807, 2.05) is 6.07 Å². The van der Waals surface area contributed by atoms with Crippen LogP contribution in [0.3, 0.4) is 0 Å². The van der Waals surface area contributed by atoms with Crippen molar-refractivity contribution in [3.05, 3.63) is 64.8 Å². The number of rotatable bonds is 5. The van der Waals surface area contributed by atoms with E-state index in [9.17, 15) is 9.18 Å². The van der Waals surface area contributed by atoms with Crippen molar-refractivity contribution in [1.29, 1.82) is 0 Å². The second-order valence-corrected chi connectivity index (χ2v) is 6.27. The van der Waals surface area contributed by atoms with Gasteiger partial charge in [-0.1, -0.05) is 13.8 Å². The molecule has 0 fully saturated rings. The van der Waals surface area contributed by atoms with Gasteiger partial charge < -0.3 is 9.88 Å². The van der Waals surface area contributed by atoms with E-state index in [2.05, 4.69) is 24.1 Å². The van der Waals surface area contributed by atoms with Crippen molar-refractivity contribution in [3.63, 3.8) is 0 Å². The van der Waals surface area contributed by atoms with Gasteiger partial charge in [-0.3, -0.25) is 4.79 Å². The van der Waals surface area contributed by atoms with Crippen LogP contribution in [-0.2, 0) is 6.54 Å². The first-order valence-corrected chi connectivity index (χ1v) is 8.05. The normalized spacial score (nSPS) is 11.2. The SMILES string of the molecule is CC(C)CCn1c(=O)ccc2cnc(Nc3ccc(F)cc3)cc21. The van der Waals surface area contributed by atoms with Crippen molar-refractivity contribution in [2.24, 2.45) is 5.92 Å². The highest BCUT2D eigenvalue weighted by Gasteiger charge is 2.07. The second kappa shape index (κ2) is 6.83. The van der Waals surface area contributed by atoms with Gasteiger partial charge in [0.15, 0.2) is 0 Å². The molecule has 0 aliphatic heterocycles. The highest BCUT2D eigenvalue weighted by molar-refractivity contribution is 5.81. The smallest absolute Gasteiger partial charge is 0.251 e. The zero-order valence-electron chi connectivity index (χ0n) is 13.8. The number of hydrogen-bond acceptors (Lipinski definition) is 3. The number of nitrogens with one attached hydrogen (secondary N) is 1. The maximum Gasteiger partial charge on any atom is 0.251 e. The fraction of sp³-hybridized carbons (Fsp3) is 0.263. The van der Waals surface area contributed by atoms with Gasteiger partial charge in [-0.25, -0.2) is 9.37 Å². The molecule has 2 aromatic heterocycles. The predicted octanol–water partition coefficient (Wildman–Crippen LogP) is 4.33. The topological polar surface area (TPSA) is 46.9 Å². The summed E-state index contributed by atoms with van der Waals surface area (Å²) in [6.07, 6.45) is 2.68. The van der Waals surface area contributed by atoms with Gasteiger partial charge in [0, 0.05) is 35.9 Å². The Morgan fingerprint density at radius 1 is 1.17 bits per heavy atom. The molecule has 2 heterocycles. The number of halogens is 1. The van der Waals surface area contributed by atoms with E-state index in [0.717, 1.165) is 23.0 Å². The Kier molecular flexibility index (Phi) is 4.60. The zero-order valence-corrected chi connectivity index (χ0v) is 13.8. The van der Waals surface area contributed by atoms with Crippen LogP contribution >= 0.6 is 0 Å². The van der Waals surface area contributed by atoms with Crippen molar-refractivity contribution in [2.75, 3.05) is 5.32 Å². The lowest BCUT2D eigenvalue weighted by Crippen LogP contribution is -2.20. The third-order valence-corrected chi connectivity index (χ3v) is 3.92. The fourth-order valence-electron chi connectivity index (χ4n) is 2.55. The number of pyridine rings is 2. The Hall–Kier alpha value is -2.69. The van der Waals surface area contributed by atoms with Crippen LogP contribution < -0.4 is 10.9 Å². The first-order chi connectivity index (χ1) is 11.5. The van der Waals surface area contributed by atoms with Crippen LogP contribution in [0.15, 0.2) is 53.5 Å². The Morgan fingerprint density at radius 2 is 1.92 bits per heavy atom. The van der Waals surface area contributed by atoms with Crippen molar-refractivity contribution >= 4 is 22.4 Å². The lowest BCUT2D eigenvalue weighted by Gasteiger charge is -2.13. The highest BCUT2D eigenvalue weighted by Crippen LogP contribution is 2.20. The van der Waals surface area contributed by atoms with Crippen LogP contribution in [0, 0.1) is 11.7 Å². The van der Waals surface area contributed by atoms with Gasteiger partial charge in [-0.15, -0.1) is 0 Å². The van der Waals surface area contributed by atoms with Crippen molar-refractivity contribution < 1.29 is 4.39 Å². The van der Waals surface area contributed by atoms with Crippen LogP contribution in [0.4, 0.5) is 15.9 Å². The molecule has 0 radical (unpaired) electrons. The zero-order chi connectivity index (χ0) is 17.1. The lowest BCUT2D eigenvalue weighted by atomic mass is 10.1. The molecule has 4 nitrogen and oxygen atoms in total. The van der Waals surface area contributed by atoms with Crippen LogP contribution in [0.25, 0.3) is 10.9 Å². The van der Waals surface area contributed by atoms with Crippen molar-refractivity contribution in [2.45, 2.75) is 26.8 Å². The van der Waals surface area contributed by atoms with E-state index in [0.29, 0.717) is 18.3 Å². The molecule has 24 heavy (non-hydrogen) atoms. The maximum absolute atomic E-state index is 13.0. The highest BCUT2D eigenvalue weighted by atomic mass is 19.1. The monoisotopic (exact) mass is 325 g/mol. The first kappa shape index (κ1) is 16.2. The minimum absolute atomic E-state index is 0.0120. The molecule has 0 aliphatic carbocycles. The number of nitrogens with zero attached hydrogens (tertiary/aromatic N) is 2. The van der Waals surface area contributed by atoms with Crippen LogP contribution in [-0.4, -0.2) is 9.55 Å². The summed E-state index contributed by atoms with van der Waals surface area (Å²) >= 11 is 0. The van der Waals surface area contributed by atoms with Gasteiger partial charge >= 0.3 is 0 Å². The van der Waals surface area contributed by atoms with E-state index in [4.69, 9.17) is 0 Å². The summed E-state index contributed by atoms with van der Waals surface area (Å²) in [7, 11) is 0. The standard InChI is InChI=1S/C19H20FN3O/c1-13(2)9-10-23-17-11-18(21-12-14(17)3-8-19(23)24)22-16-6-4-15(20)5-7-16/h3-8,11-13H,9-10H2,1-2H3,(H,21,22). The number of aromatic nitrogens is 2. The van der Waals surface area contributed by atoms with E-state index >= 15 is 0 Å². The molecule has 0 aliphatic rings. The first-order valence-electron chi connectivity index (χ1n) is 8.05. The number of benzene rings is 1. The summed E-state index contributed by atoms with van der Waals surface area (Å²) in [4.78, 5) is 16.6. The molecule has 5 heteroatoms. The average molecular weight is 325 g/mol. The van der Waals surface area contributed by atoms with Crippen molar-refractivity contribution in [3.8, 4) is 0 Å². The Morgan fingerprint density at radius 3 is 2.62 bits per heavy atom. The Balaban J connectivity index is 1.97. The van der Waals surface area contributed by atoms with Crippen LogP contribution in [0.1, 0.15) is 20.3 Å². The summed E-state index contributed by atoms with van der Waals surface area (Å²) < 4.78 is 14.8. The largest absolute Gasteiger partial charge is 0.340 e. The molecule has 124 valence electrons. The number of hydrogen-bond donors (Lipinski definition) is 1. The lowest BCUT2D eigenvalue weighted by molar-refractivity contribution is 0.517. The minimum atomic E-state index is -0.283.